The number of carbonyl (C=O) groups excluding carboxylic acids is 2. The van der Waals surface area contributed by atoms with Crippen molar-refractivity contribution in [2.75, 3.05) is 6.61 Å². The summed E-state index contributed by atoms with van der Waals surface area (Å²) in [4.78, 5) is 23.2. The number of hydrogen-bond donors (Lipinski definition) is 0. The van der Waals surface area contributed by atoms with E-state index in [2.05, 4.69) is 6.92 Å². The van der Waals surface area contributed by atoms with Crippen molar-refractivity contribution in [1.82, 2.24) is 0 Å². The number of hydrogen-bond acceptors (Lipinski definition) is 6. The quantitative estimate of drug-likeness (QED) is 0.0794. The van der Waals surface area contributed by atoms with E-state index in [1.807, 2.05) is 0 Å². The van der Waals surface area contributed by atoms with Crippen LogP contribution in [-0.2, 0) is 28.2 Å². The topological polar surface area (TPSA) is 78.9 Å². The van der Waals surface area contributed by atoms with E-state index >= 15 is 0 Å². The highest BCUT2D eigenvalue weighted by molar-refractivity contribution is 7.42. The predicted molar refractivity (Wildman–Crippen MR) is 139 cm³/mol. The van der Waals surface area contributed by atoms with Gasteiger partial charge < -0.3 is 9.47 Å². The Bertz CT molecular complexity index is 561. The Hall–Kier alpha value is -1.26. The monoisotopic (exact) mass is 501 g/mol. The first kappa shape index (κ1) is 32.7. The smallest absolute Gasteiger partial charge is 0.461 e. The summed E-state index contributed by atoms with van der Waals surface area (Å²) in [7, 11) is -1.99. The zero-order chi connectivity index (χ0) is 25.4. The highest BCUT2D eigenvalue weighted by Crippen LogP contribution is 2.26. The van der Waals surface area contributed by atoms with Crippen LogP contribution >= 0.6 is 8.03 Å². The van der Waals surface area contributed by atoms with Crippen LogP contribution in [-0.4, -0.2) is 30.8 Å². The Morgan fingerprint density at radius 1 is 0.794 bits per heavy atom. The van der Waals surface area contributed by atoms with Crippen LogP contribution in [0.2, 0.25) is 0 Å². The Morgan fingerprint density at radius 2 is 1.26 bits per heavy atom. The largest absolute Gasteiger partial charge is 0.540 e. The molecular formula is C27H50O6P+. The van der Waals surface area contributed by atoms with Crippen LogP contribution in [0.25, 0.3) is 0 Å². The van der Waals surface area contributed by atoms with E-state index in [1.54, 1.807) is 13.8 Å². The molecule has 0 spiro atoms. The van der Waals surface area contributed by atoms with Crippen LogP contribution in [0.15, 0.2) is 11.9 Å². The molecule has 0 fully saturated rings. The Labute approximate surface area is 209 Å². The summed E-state index contributed by atoms with van der Waals surface area (Å²) in [6, 6.07) is 0. The molecule has 0 N–H and O–H groups in total. The van der Waals surface area contributed by atoms with Crippen LogP contribution in [0.1, 0.15) is 130 Å². The fourth-order valence-corrected chi connectivity index (χ4v) is 4.46. The van der Waals surface area contributed by atoms with Gasteiger partial charge in [-0.15, -0.1) is 4.52 Å². The van der Waals surface area contributed by atoms with E-state index in [0.29, 0.717) is 6.42 Å². The molecule has 0 aromatic heterocycles. The molecule has 0 aromatic rings. The minimum absolute atomic E-state index is 0.0848. The standard InChI is InChI=1S/C27H50O6P/c1-5-6-7-8-9-10-11-12-13-14-15-16-17-18-19-20-27(29)31-23-26(32-25(4)28)21-22-34(30)33-24(2)3/h21-22,24,26H,5-20,23H2,1-4H3/q+1/b22-21+/t26-/m0/s1. The van der Waals surface area contributed by atoms with E-state index in [9.17, 15) is 14.2 Å². The zero-order valence-corrected chi connectivity index (χ0v) is 23.1. The molecule has 0 rings (SSSR count). The van der Waals surface area contributed by atoms with Crippen molar-refractivity contribution in [1.29, 1.82) is 0 Å². The van der Waals surface area contributed by atoms with E-state index in [1.165, 1.54) is 95.9 Å². The van der Waals surface area contributed by atoms with Crippen molar-refractivity contribution in [3.05, 3.63) is 11.9 Å². The highest BCUT2D eigenvalue weighted by atomic mass is 31.1. The summed E-state index contributed by atoms with van der Waals surface area (Å²) in [6.07, 6.45) is 20.1. The third-order valence-corrected chi connectivity index (χ3v) is 6.49. The second-order valence-electron chi connectivity index (χ2n) is 9.31. The van der Waals surface area contributed by atoms with Crippen molar-refractivity contribution in [2.45, 2.75) is 143 Å². The second kappa shape index (κ2) is 23.5. The number of carbonyl (C=O) groups is 2. The van der Waals surface area contributed by atoms with Crippen molar-refractivity contribution in [3.8, 4) is 0 Å². The van der Waals surface area contributed by atoms with E-state index in [0.717, 1.165) is 19.3 Å². The molecule has 1 unspecified atom stereocenters. The molecular weight excluding hydrogens is 451 g/mol. The predicted octanol–water partition coefficient (Wildman–Crippen LogP) is 8.40. The van der Waals surface area contributed by atoms with E-state index in [-0.39, 0.29) is 18.7 Å². The summed E-state index contributed by atoms with van der Waals surface area (Å²) in [5.74, 6) is 0.544. The first-order valence-corrected chi connectivity index (χ1v) is 14.7. The first-order valence-electron chi connectivity index (χ1n) is 13.5. The van der Waals surface area contributed by atoms with Crippen LogP contribution in [0.3, 0.4) is 0 Å². The Morgan fingerprint density at radius 3 is 1.71 bits per heavy atom. The minimum Gasteiger partial charge on any atom is -0.461 e. The van der Waals surface area contributed by atoms with E-state index < -0.39 is 20.1 Å². The highest BCUT2D eigenvalue weighted by Gasteiger charge is 2.19. The van der Waals surface area contributed by atoms with Gasteiger partial charge in [-0.3, -0.25) is 9.59 Å². The van der Waals surface area contributed by atoms with Crippen molar-refractivity contribution in [3.63, 3.8) is 0 Å². The maximum absolute atomic E-state index is 12.0. The van der Waals surface area contributed by atoms with E-state index in [4.69, 9.17) is 14.0 Å². The molecule has 2 atom stereocenters. The lowest BCUT2D eigenvalue weighted by atomic mass is 10.0. The molecule has 0 aliphatic carbocycles. The fourth-order valence-electron chi connectivity index (χ4n) is 3.64. The average Bonchev–Trinajstić information content (AvgIpc) is 2.77. The summed E-state index contributed by atoms with van der Waals surface area (Å²) in [5, 5.41) is 0. The third-order valence-electron chi connectivity index (χ3n) is 5.45. The molecule has 0 saturated carbocycles. The molecule has 198 valence electrons. The number of unbranched alkanes of at least 4 members (excludes halogenated alkanes) is 14. The van der Waals surface area contributed by atoms with Gasteiger partial charge in [0.1, 0.15) is 12.7 Å². The summed E-state index contributed by atoms with van der Waals surface area (Å²) < 4.78 is 27.2. The van der Waals surface area contributed by atoms with Gasteiger partial charge in [0.25, 0.3) is 0 Å². The fraction of sp³-hybridized carbons (Fsp3) is 0.852. The van der Waals surface area contributed by atoms with Gasteiger partial charge >= 0.3 is 20.0 Å². The molecule has 6 nitrogen and oxygen atoms in total. The van der Waals surface area contributed by atoms with Gasteiger partial charge in [-0.1, -0.05) is 96.8 Å². The molecule has 0 bridgehead atoms. The molecule has 0 saturated heterocycles. The van der Waals surface area contributed by atoms with Gasteiger partial charge in [0.2, 0.25) is 0 Å². The van der Waals surface area contributed by atoms with Crippen LogP contribution in [0.5, 0.6) is 0 Å². The lowest BCUT2D eigenvalue weighted by Crippen LogP contribution is -2.22. The maximum Gasteiger partial charge on any atom is 0.540 e. The first-order chi connectivity index (χ1) is 16.3. The molecule has 0 aliphatic heterocycles. The zero-order valence-electron chi connectivity index (χ0n) is 22.2. The lowest BCUT2D eigenvalue weighted by Gasteiger charge is -2.12. The van der Waals surface area contributed by atoms with Crippen molar-refractivity contribution >= 4 is 20.0 Å². The number of esters is 2. The maximum atomic E-state index is 12.0. The van der Waals surface area contributed by atoms with Gasteiger partial charge in [-0.05, 0) is 24.8 Å². The molecule has 0 aliphatic rings. The molecule has 34 heavy (non-hydrogen) atoms. The Balaban J connectivity index is 3.72. The van der Waals surface area contributed by atoms with Crippen LogP contribution < -0.4 is 0 Å². The van der Waals surface area contributed by atoms with Crippen molar-refractivity contribution in [2.24, 2.45) is 0 Å². The van der Waals surface area contributed by atoms with Gasteiger partial charge in [0, 0.05) is 19.4 Å². The summed E-state index contributed by atoms with van der Waals surface area (Å²) in [6.45, 7) is 7.02. The van der Waals surface area contributed by atoms with Crippen molar-refractivity contribution < 1.29 is 28.2 Å². The Kier molecular flexibility index (Phi) is 22.6. The lowest BCUT2D eigenvalue weighted by molar-refractivity contribution is -0.154. The summed E-state index contributed by atoms with van der Waals surface area (Å²) >= 11 is 0. The minimum atomic E-state index is -1.99. The second-order valence-corrected chi connectivity index (χ2v) is 10.4. The summed E-state index contributed by atoms with van der Waals surface area (Å²) in [5.41, 5.74) is 0. The normalized spacial score (nSPS) is 12.8. The molecule has 0 heterocycles. The van der Waals surface area contributed by atoms with Gasteiger partial charge in [0.15, 0.2) is 11.9 Å². The average molecular weight is 502 g/mol. The SMILES string of the molecule is CCCCCCCCCCCCCCCCCC(=O)OC[C@H](/C=C/[P+](=O)OC(C)C)OC(C)=O. The van der Waals surface area contributed by atoms with Gasteiger partial charge in [-0.2, -0.15) is 0 Å². The molecule has 7 heteroatoms. The van der Waals surface area contributed by atoms with Crippen LogP contribution in [0, 0.1) is 0 Å². The number of ether oxygens (including phenoxy) is 2. The molecule has 0 radical (unpaired) electrons. The number of rotatable bonds is 23. The third kappa shape index (κ3) is 23.9. The van der Waals surface area contributed by atoms with Gasteiger partial charge in [-0.25, -0.2) is 0 Å². The molecule has 0 amide bonds. The molecule has 0 aromatic carbocycles. The van der Waals surface area contributed by atoms with Crippen LogP contribution in [0.4, 0.5) is 0 Å². The van der Waals surface area contributed by atoms with Gasteiger partial charge in [0.05, 0.1) is 0 Å².